The lowest BCUT2D eigenvalue weighted by molar-refractivity contribution is 0.101. The summed E-state index contributed by atoms with van der Waals surface area (Å²) in [6.07, 6.45) is 2.49. The minimum absolute atomic E-state index is 0.0623. The molecule has 0 N–H and O–H groups in total. The lowest BCUT2D eigenvalue weighted by Crippen LogP contribution is -2.50. The van der Waals surface area contributed by atoms with Gasteiger partial charge in [-0.15, -0.1) is 0 Å². The average molecular weight is 276 g/mol. The van der Waals surface area contributed by atoms with Gasteiger partial charge < -0.3 is 4.90 Å². The van der Waals surface area contributed by atoms with Crippen molar-refractivity contribution in [3.63, 3.8) is 0 Å². The van der Waals surface area contributed by atoms with Gasteiger partial charge in [0.15, 0.2) is 5.78 Å². The molecule has 1 unspecified atom stereocenters. The van der Waals surface area contributed by atoms with Crippen LogP contribution in [0.25, 0.3) is 0 Å². The minimum Gasteiger partial charge on any atom is -0.368 e. The summed E-state index contributed by atoms with van der Waals surface area (Å²) in [6.45, 7) is 7.38. The van der Waals surface area contributed by atoms with E-state index in [4.69, 9.17) is 0 Å². The van der Waals surface area contributed by atoms with E-state index in [1.165, 1.54) is 32.4 Å². The molecule has 3 rings (SSSR count). The smallest absolute Gasteiger partial charge is 0.161 e. The Labute approximate surface area is 119 Å². The topological polar surface area (TPSA) is 23.6 Å². The van der Waals surface area contributed by atoms with Gasteiger partial charge >= 0.3 is 0 Å². The second kappa shape index (κ2) is 5.17. The fourth-order valence-electron chi connectivity index (χ4n) is 3.42. The van der Waals surface area contributed by atoms with Crippen LogP contribution in [0.15, 0.2) is 12.1 Å². The van der Waals surface area contributed by atoms with Crippen LogP contribution in [-0.4, -0.2) is 42.9 Å². The van der Waals surface area contributed by atoms with Gasteiger partial charge in [0.2, 0.25) is 0 Å². The Kier molecular flexibility index (Phi) is 3.50. The van der Waals surface area contributed by atoms with Crippen LogP contribution >= 0.6 is 0 Å². The lowest BCUT2D eigenvalue weighted by Gasteiger charge is -2.39. The number of aryl methyl sites for hydroxylation is 1. The number of benzene rings is 1. The number of carbonyl (C=O) groups is 1. The fourth-order valence-corrected chi connectivity index (χ4v) is 3.42. The summed E-state index contributed by atoms with van der Waals surface area (Å²) < 4.78 is 13.7. The molecule has 1 aromatic rings. The molecule has 2 heterocycles. The van der Waals surface area contributed by atoms with E-state index in [1.807, 2.05) is 6.07 Å². The quantitative estimate of drug-likeness (QED) is 0.776. The van der Waals surface area contributed by atoms with E-state index in [0.717, 1.165) is 25.3 Å². The number of ketones is 1. The number of piperazine rings is 1. The predicted molar refractivity (Wildman–Crippen MR) is 77.9 cm³/mol. The first-order valence-electron chi connectivity index (χ1n) is 7.36. The number of hydrogen-bond donors (Lipinski definition) is 0. The van der Waals surface area contributed by atoms with Crippen molar-refractivity contribution in [2.75, 3.05) is 31.1 Å². The molecule has 1 atom stereocenters. The fraction of sp³-hybridized carbons (Fsp3) is 0.562. The number of rotatable bonds is 2. The van der Waals surface area contributed by atoms with Gasteiger partial charge in [-0.3, -0.25) is 9.69 Å². The van der Waals surface area contributed by atoms with Crippen LogP contribution in [0.4, 0.5) is 10.1 Å². The summed E-state index contributed by atoms with van der Waals surface area (Å²) in [7, 11) is 0. The maximum absolute atomic E-state index is 13.7. The zero-order valence-electron chi connectivity index (χ0n) is 12.2. The Hall–Kier alpha value is -1.42. The highest BCUT2D eigenvalue weighted by molar-refractivity contribution is 6.00. The summed E-state index contributed by atoms with van der Waals surface area (Å²) >= 11 is 0. The number of halogens is 1. The highest BCUT2D eigenvalue weighted by Gasteiger charge is 2.31. The minimum atomic E-state index is -0.293. The Morgan fingerprint density at radius 3 is 2.85 bits per heavy atom. The first-order valence-corrected chi connectivity index (χ1v) is 7.36. The second-order valence-electron chi connectivity index (χ2n) is 5.95. The van der Waals surface area contributed by atoms with Crippen molar-refractivity contribution in [2.45, 2.75) is 32.7 Å². The molecular formula is C16H21FN2O. The molecule has 2 fully saturated rings. The first-order chi connectivity index (χ1) is 9.56. The van der Waals surface area contributed by atoms with E-state index >= 15 is 0 Å². The number of Topliss-reactive ketones (excluding diaryl/α,β-unsaturated/α-hetero) is 1. The van der Waals surface area contributed by atoms with Crippen molar-refractivity contribution in [1.82, 2.24) is 4.90 Å². The van der Waals surface area contributed by atoms with Gasteiger partial charge in [0.05, 0.1) is 0 Å². The molecule has 0 aliphatic carbocycles. The molecule has 0 bridgehead atoms. The van der Waals surface area contributed by atoms with Gasteiger partial charge in [0.25, 0.3) is 0 Å². The van der Waals surface area contributed by atoms with Gasteiger partial charge in [-0.1, -0.05) is 0 Å². The Bertz CT molecular complexity index is 544. The van der Waals surface area contributed by atoms with E-state index in [0.29, 0.717) is 17.2 Å². The molecule has 0 saturated carbocycles. The predicted octanol–water partition coefficient (Wildman–Crippen LogP) is 2.62. The molecule has 108 valence electrons. The standard InChI is InChI=1S/C16H21FN2O/c1-11-8-16(14(12(2)20)9-15(11)17)19-7-6-18-5-3-4-13(18)10-19/h8-9,13H,3-7,10H2,1-2H3. The molecule has 0 aromatic heterocycles. The molecule has 0 amide bonds. The van der Waals surface area contributed by atoms with E-state index in [2.05, 4.69) is 9.80 Å². The van der Waals surface area contributed by atoms with Gasteiger partial charge in [-0.2, -0.15) is 0 Å². The third-order valence-electron chi connectivity index (χ3n) is 4.58. The van der Waals surface area contributed by atoms with Crippen molar-refractivity contribution in [2.24, 2.45) is 0 Å². The van der Waals surface area contributed by atoms with Crippen molar-refractivity contribution in [3.05, 3.63) is 29.1 Å². The molecule has 3 nitrogen and oxygen atoms in total. The maximum Gasteiger partial charge on any atom is 0.161 e. The second-order valence-corrected chi connectivity index (χ2v) is 5.95. The number of nitrogens with zero attached hydrogens (tertiary/aromatic N) is 2. The number of fused-ring (bicyclic) bond motifs is 1. The molecule has 0 radical (unpaired) electrons. The molecule has 0 spiro atoms. The van der Waals surface area contributed by atoms with Crippen LogP contribution in [0.5, 0.6) is 0 Å². The Balaban J connectivity index is 1.93. The number of hydrogen-bond acceptors (Lipinski definition) is 3. The largest absolute Gasteiger partial charge is 0.368 e. The van der Waals surface area contributed by atoms with Crippen LogP contribution < -0.4 is 4.90 Å². The van der Waals surface area contributed by atoms with Crippen LogP contribution in [0.3, 0.4) is 0 Å². The molecular weight excluding hydrogens is 255 g/mol. The van der Waals surface area contributed by atoms with E-state index in [-0.39, 0.29) is 11.6 Å². The molecule has 20 heavy (non-hydrogen) atoms. The molecule has 2 saturated heterocycles. The van der Waals surface area contributed by atoms with E-state index < -0.39 is 0 Å². The summed E-state index contributed by atoms with van der Waals surface area (Å²) in [5.41, 5.74) is 2.03. The third kappa shape index (κ3) is 2.33. The molecule has 4 heteroatoms. The van der Waals surface area contributed by atoms with Crippen molar-refractivity contribution < 1.29 is 9.18 Å². The summed E-state index contributed by atoms with van der Waals surface area (Å²) in [4.78, 5) is 16.6. The number of anilines is 1. The molecule has 2 aliphatic heterocycles. The zero-order valence-corrected chi connectivity index (χ0v) is 12.2. The van der Waals surface area contributed by atoms with Gasteiger partial charge in [-0.05, 0) is 50.9 Å². The zero-order chi connectivity index (χ0) is 14.3. The summed E-state index contributed by atoms with van der Waals surface area (Å²) in [5.74, 6) is -0.355. The van der Waals surface area contributed by atoms with Crippen molar-refractivity contribution >= 4 is 11.5 Å². The average Bonchev–Trinajstić information content (AvgIpc) is 2.88. The van der Waals surface area contributed by atoms with Gasteiger partial charge in [0.1, 0.15) is 5.82 Å². The molecule has 1 aromatic carbocycles. The maximum atomic E-state index is 13.7. The third-order valence-corrected chi connectivity index (χ3v) is 4.58. The SMILES string of the molecule is CC(=O)c1cc(F)c(C)cc1N1CCN2CCCC2C1. The monoisotopic (exact) mass is 276 g/mol. The lowest BCUT2D eigenvalue weighted by atomic mass is 10.0. The van der Waals surface area contributed by atoms with E-state index in [1.54, 1.807) is 6.92 Å². The van der Waals surface area contributed by atoms with Crippen LogP contribution in [0.2, 0.25) is 0 Å². The molecule has 2 aliphatic rings. The van der Waals surface area contributed by atoms with Crippen LogP contribution in [0, 0.1) is 12.7 Å². The normalized spacial score (nSPS) is 22.9. The van der Waals surface area contributed by atoms with Crippen LogP contribution in [0.1, 0.15) is 35.7 Å². The number of carbonyl (C=O) groups excluding carboxylic acids is 1. The first kappa shape index (κ1) is 13.6. The Morgan fingerprint density at radius 1 is 1.30 bits per heavy atom. The summed E-state index contributed by atoms with van der Waals surface area (Å²) in [5, 5.41) is 0. The highest BCUT2D eigenvalue weighted by atomic mass is 19.1. The van der Waals surface area contributed by atoms with Crippen LogP contribution in [-0.2, 0) is 0 Å². The summed E-state index contributed by atoms with van der Waals surface area (Å²) in [6, 6.07) is 3.82. The van der Waals surface area contributed by atoms with Gasteiger partial charge in [0, 0.05) is 36.9 Å². The highest BCUT2D eigenvalue weighted by Crippen LogP contribution is 2.29. The van der Waals surface area contributed by atoms with Gasteiger partial charge in [-0.25, -0.2) is 4.39 Å². The van der Waals surface area contributed by atoms with E-state index in [9.17, 15) is 9.18 Å². The van der Waals surface area contributed by atoms with Crippen molar-refractivity contribution in [1.29, 1.82) is 0 Å². The van der Waals surface area contributed by atoms with Crippen molar-refractivity contribution in [3.8, 4) is 0 Å². The Morgan fingerprint density at radius 2 is 2.10 bits per heavy atom.